The van der Waals surface area contributed by atoms with E-state index in [-0.39, 0.29) is 5.97 Å². The van der Waals surface area contributed by atoms with Crippen LogP contribution in [-0.2, 0) is 9.53 Å². The summed E-state index contributed by atoms with van der Waals surface area (Å²) in [6, 6.07) is 0. The number of methoxy groups -OCH3 is 1. The van der Waals surface area contributed by atoms with Crippen molar-refractivity contribution < 1.29 is 9.53 Å². The topological polar surface area (TPSA) is 26.3 Å². The number of esters is 1. The molecule has 1 rings (SSSR count). The van der Waals surface area contributed by atoms with Crippen LogP contribution < -0.4 is 0 Å². The molecule has 0 bridgehead atoms. The highest BCUT2D eigenvalue weighted by atomic mass is 16.5. The van der Waals surface area contributed by atoms with E-state index < -0.39 is 0 Å². The molecule has 1 aliphatic carbocycles. The van der Waals surface area contributed by atoms with E-state index in [0.717, 1.165) is 0 Å². The van der Waals surface area contributed by atoms with Gasteiger partial charge in [-0.2, -0.15) is 0 Å². The Hall–Kier alpha value is -0.530. The maximum absolute atomic E-state index is 10.6. The zero-order chi connectivity index (χ0) is 6.69. The lowest BCUT2D eigenvalue weighted by molar-refractivity contribution is -0.142. The van der Waals surface area contributed by atoms with Crippen molar-refractivity contribution in [2.24, 2.45) is 5.92 Å². The molecule has 0 aromatic heterocycles. The fourth-order valence-corrected chi connectivity index (χ4v) is 1.02. The van der Waals surface area contributed by atoms with Crippen molar-refractivity contribution in [3.05, 3.63) is 0 Å². The Balaban J connectivity index is 2.09. The summed E-state index contributed by atoms with van der Waals surface area (Å²) >= 11 is 0. The molecule has 0 aromatic carbocycles. The van der Waals surface area contributed by atoms with Crippen LogP contribution in [0.1, 0.15) is 25.7 Å². The number of carbonyl (C=O) groups excluding carboxylic acids is 1. The fraction of sp³-hybridized carbons (Fsp3) is 0.857. The van der Waals surface area contributed by atoms with Crippen molar-refractivity contribution in [2.75, 3.05) is 7.11 Å². The van der Waals surface area contributed by atoms with Gasteiger partial charge in [0.2, 0.25) is 0 Å². The molecular formula is C7H12O2. The Morgan fingerprint density at radius 2 is 2.33 bits per heavy atom. The zero-order valence-electron chi connectivity index (χ0n) is 5.72. The van der Waals surface area contributed by atoms with Crippen molar-refractivity contribution in [1.29, 1.82) is 0 Å². The molecule has 2 heteroatoms. The third kappa shape index (κ3) is 1.70. The second-order valence-corrected chi connectivity index (χ2v) is 2.58. The van der Waals surface area contributed by atoms with Crippen LogP contribution in [0.2, 0.25) is 0 Å². The third-order valence-electron chi connectivity index (χ3n) is 1.91. The molecule has 0 atom stereocenters. The molecule has 9 heavy (non-hydrogen) atoms. The van der Waals surface area contributed by atoms with E-state index in [1.807, 2.05) is 0 Å². The molecule has 0 amide bonds. The van der Waals surface area contributed by atoms with Gasteiger partial charge in [-0.05, 0) is 18.8 Å². The van der Waals surface area contributed by atoms with Gasteiger partial charge in [0.25, 0.3) is 0 Å². The highest BCUT2D eigenvalue weighted by Gasteiger charge is 2.20. The Kier molecular flexibility index (Phi) is 2.09. The van der Waals surface area contributed by atoms with E-state index in [4.69, 9.17) is 0 Å². The predicted octanol–water partition coefficient (Wildman–Crippen LogP) is 1.35. The Morgan fingerprint density at radius 3 is 2.67 bits per heavy atom. The summed E-state index contributed by atoms with van der Waals surface area (Å²) < 4.78 is 4.52. The van der Waals surface area contributed by atoms with Crippen molar-refractivity contribution in [3.8, 4) is 0 Å². The van der Waals surface area contributed by atoms with Gasteiger partial charge in [0.1, 0.15) is 0 Å². The van der Waals surface area contributed by atoms with Crippen molar-refractivity contribution in [3.63, 3.8) is 0 Å². The van der Waals surface area contributed by atoms with Gasteiger partial charge in [-0.25, -0.2) is 0 Å². The summed E-state index contributed by atoms with van der Waals surface area (Å²) in [5, 5.41) is 0. The maximum atomic E-state index is 10.6. The van der Waals surface area contributed by atoms with Crippen LogP contribution >= 0.6 is 0 Å². The second-order valence-electron chi connectivity index (χ2n) is 2.58. The number of hydrogen-bond donors (Lipinski definition) is 0. The smallest absolute Gasteiger partial charge is 0.305 e. The molecule has 52 valence electrons. The van der Waals surface area contributed by atoms with E-state index in [1.165, 1.54) is 26.4 Å². The molecule has 0 saturated heterocycles. The number of carbonyl (C=O) groups is 1. The van der Waals surface area contributed by atoms with Crippen LogP contribution in [-0.4, -0.2) is 13.1 Å². The lowest BCUT2D eigenvalue weighted by Gasteiger charge is -2.23. The average molecular weight is 128 g/mol. The standard InChI is InChI=1S/C7H12O2/c1-9-7(8)5-6-3-2-4-6/h6H,2-5H2,1H3. The first-order valence-electron chi connectivity index (χ1n) is 3.39. The Morgan fingerprint density at radius 1 is 1.67 bits per heavy atom. The molecular weight excluding hydrogens is 116 g/mol. The molecule has 2 nitrogen and oxygen atoms in total. The SMILES string of the molecule is COC(=O)CC1CCC1. The normalized spacial score (nSPS) is 18.8. The molecule has 1 fully saturated rings. The van der Waals surface area contributed by atoms with Crippen molar-refractivity contribution >= 4 is 5.97 Å². The largest absolute Gasteiger partial charge is 0.469 e. The van der Waals surface area contributed by atoms with Gasteiger partial charge in [0.15, 0.2) is 0 Å². The molecule has 0 aromatic rings. The van der Waals surface area contributed by atoms with E-state index >= 15 is 0 Å². The summed E-state index contributed by atoms with van der Waals surface area (Å²) in [6.45, 7) is 0. The van der Waals surface area contributed by atoms with E-state index in [2.05, 4.69) is 4.74 Å². The molecule has 0 unspecified atom stereocenters. The minimum absolute atomic E-state index is 0.0558. The van der Waals surface area contributed by atoms with Gasteiger partial charge in [-0.15, -0.1) is 0 Å². The maximum Gasteiger partial charge on any atom is 0.305 e. The van der Waals surface area contributed by atoms with Gasteiger partial charge in [0.05, 0.1) is 7.11 Å². The van der Waals surface area contributed by atoms with Crippen LogP contribution in [0, 0.1) is 5.92 Å². The van der Waals surface area contributed by atoms with Crippen LogP contribution in [0.15, 0.2) is 0 Å². The van der Waals surface area contributed by atoms with Gasteiger partial charge in [-0.1, -0.05) is 6.42 Å². The second kappa shape index (κ2) is 2.85. The lowest BCUT2D eigenvalue weighted by atomic mass is 9.83. The third-order valence-corrected chi connectivity index (χ3v) is 1.91. The van der Waals surface area contributed by atoms with Gasteiger partial charge in [0, 0.05) is 6.42 Å². The van der Waals surface area contributed by atoms with E-state index in [0.29, 0.717) is 12.3 Å². The number of rotatable bonds is 2. The molecule has 1 saturated carbocycles. The van der Waals surface area contributed by atoms with Gasteiger partial charge < -0.3 is 4.74 Å². The van der Waals surface area contributed by atoms with Crippen LogP contribution in [0.3, 0.4) is 0 Å². The Bertz CT molecular complexity index is 105. The molecule has 0 radical (unpaired) electrons. The first-order valence-corrected chi connectivity index (χ1v) is 3.39. The summed E-state index contributed by atoms with van der Waals surface area (Å²) in [6.07, 6.45) is 4.36. The first-order chi connectivity index (χ1) is 4.33. The highest BCUT2D eigenvalue weighted by Crippen LogP contribution is 2.29. The van der Waals surface area contributed by atoms with E-state index in [9.17, 15) is 4.79 Å². The highest BCUT2D eigenvalue weighted by molar-refractivity contribution is 5.69. The minimum atomic E-state index is -0.0558. The number of ether oxygens (including phenoxy) is 1. The minimum Gasteiger partial charge on any atom is -0.469 e. The fourth-order valence-electron chi connectivity index (χ4n) is 1.02. The van der Waals surface area contributed by atoms with Crippen LogP contribution in [0.25, 0.3) is 0 Å². The van der Waals surface area contributed by atoms with Gasteiger partial charge >= 0.3 is 5.97 Å². The Labute approximate surface area is 55.2 Å². The average Bonchev–Trinajstić information content (AvgIpc) is 1.78. The predicted molar refractivity (Wildman–Crippen MR) is 34.0 cm³/mol. The summed E-state index contributed by atoms with van der Waals surface area (Å²) in [7, 11) is 1.45. The molecule has 0 N–H and O–H groups in total. The van der Waals surface area contributed by atoms with Crippen LogP contribution in [0.4, 0.5) is 0 Å². The first kappa shape index (κ1) is 6.59. The van der Waals surface area contributed by atoms with Crippen molar-refractivity contribution in [1.82, 2.24) is 0 Å². The molecule has 0 aliphatic heterocycles. The van der Waals surface area contributed by atoms with Crippen LogP contribution in [0.5, 0.6) is 0 Å². The summed E-state index contributed by atoms with van der Waals surface area (Å²) in [5.41, 5.74) is 0. The molecule has 0 spiro atoms. The summed E-state index contributed by atoms with van der Waals surface area (Å²) in [5.74, 6) is 0.581. The van der Waals surface area contributed by atoms with Gasteiger partial charge in [-0.3, -0.25) is 4.79 Å². The molecule has 0 heterocycles. The van der Waals surface area contributed by atoms with Crippen molar-refractivity contribution in [2.45, 2.75) is 25.7 Å². The quantitative estimate of drug-likeness (QED) is 0.525. The monoisotopic (exact) mass is 128 g/mol. The lowest BCUT2D eigenvalue weighted by Crippen LogP contribution is -2.16. The summed E-state index contributed by atoms with van der Waals surface area (Å²) in [4.78, 5) is 10.6. The number of hydrogen-bond acceptors (Lipinski definition) is 2. The zero-order valence-corrected chi connectivity index (χ0v) is 5.72. The molecule has 1 aliphatic rings. The van der Waals surface area contributed by atoms with E-state index in [1.54, 1.807) is 0 Å².